The zero-order chi connectivity index (χ0) is 16.9. The quantitative estimate of drug-likeness (QED) is 0.726. The molecule has 2 N–H and O–H groups in total. The van der Waals surface area contributed by atoms with Crippen molar-refractivity contribution in [2.45, 2.75) is 75.0 Å². The highest BCUT2D eigenvalue weighted by molar-refractivity contribution is 6.09. The van der Waals surface area contributed by atoms with E-state index in [-0.39, 0.29) is 36.8 Å². The highest BCUT2D eigenvalue weighted by atomic mass is 35.5. The lowest BCUT2D eigenvalue weighted by Gasteiger charge is -2.36. The van der Waals surface area contributed by atoms with Gasteiger partial charge in [-0.3, -0.25) is 14.5 Å². The van der Waals surface area contributed by atoms with Crippen molar-refractivity contribution in [2.75, 3.05) is 13.6 Å². The van der Waals surface area contributed by atoms with Crippen LogP contribution in [-0.2, 0) is 9.59 Å². The average molecular weight is 371 g/mol. The molecule has 1 aliphatic carbocycles. The highest BCUT2D eigenvalue weighted by Gasteiger charge is 2.53. The molecule has 1 saturated carbocycles. The van der Waals surface area contributed by atoms with E-state index in [0.717, 1.165) is 30.6 Å². The Kier molecular flexibility index (Phi) is 4.99. The number of rotatable bonds is 3. The molecule has 4 rings (SSSR count). The van der Waals surface area contributed by atoms with Gasteiger partial charge in [0.2, 0.25) is 5.91 Å². The molecule has 0 radical (unpaired) electrons. The number of carbonyl (C=O) groups is 3. The number of likely N-dealkylation sites (N-methyl/N-ethyl adjacent to an activating group) is 1. The number of fused-ring (bicyclic) bond motifs is 2. The SMILES string of the molecule is CN(C(=O)CN1C(=O)NC2(CCCC2)C1=O)C1CC2CCC(C1)N2.Cl. The van der Waals surface area contributed by atoms with E-state index in [1.807, 2.05) is 7.05 Å². The molecule has 3 heterocycles. The summed E-state index contributed by atoms with van der Waals surface area (Å²) < 4.78 is 0. The summed E-state index contributed by atoms with van der Waals surface area (Å²) in [5.41, 5.74) is -0.732. The summed E-state index contributed by atoms with van der Waals surface area (Å²) in [6.07, 6.45) is 7.56. The summed E-state index contributed by atoms with van der Waals surface area (Å²) in [6, 6.07) is 0.802. The Balaban J connectivity index is 0.00000182. The van der Waals surface area contributed by atoms with Gasteiger partial charge in [-0.1, -0.05) is 12.8 Å². The van der Waals surface area contributed by atoms with Crippen molar-refractivity contribution in [2.24, 2.45) is 0 Å². The van der Waals surface area contributed by atoms with Gasteiger partial charge in [0, 0.05) is 25.2 Å². The maximum absolute atomic E-state index is 12.7. The topological polar surface area (TPSA) is 81.8 Å². The van der Waals surface area contributed by atoms with Crippen LogP contribution >= 0.6 is 12.4 Å². The summed E-state index contributed by atoms with van der Waals surface area (Å²) in [4.78, 5) is 40.4. The Morgan fingerprint density at radius 1 is 1.20 bits per heavy atom. The van der Waals surface area contributed by atoms with Crippen LogP contribution in [0.25, 0.3) is 0 Å². The lowest BCUT2D eigenvalue weighted by atomic mass is 9.97. The number of urea groups is 1. The fourth-order valence-electron chi connectivity index (χ4n) is 4.93. The second-order valence-corrected chi connectivity index (χ2v) is 7.88. The van der Waals surface area contributed by atoms with E-state index >= 15 is 0 Å². The molecule has 8 heteroatoms. The molecule has 0 aromatic carbocycles. The second-order valence-electron chi connectivity index (χ2n) is 7.88. The standard InChI is InChI=1S/C17H26N4O3.ClH/c1-20(13-8-11-4-5-12(9-13)18-11)14(22)10-21-15(23)17(19-16(21)24)6-2-3-7-17;/h11-13,18H,2-10H2,1H3,(H,19,24);1H. The van der Waals surface area contributed by atoms with Gasteiger partial charge in [-0.15, -0.1) is 12.4 Å². The van der Waals surface area contributed by atoms with Gasteiger partial charge in [0.15, 0.2) is 0 Å². The van der Waals surface area contributed by atoms with Gasteiger partial charge in [-0.05, 0) is 38.5 Å². The van der Waals surface area contributed by atoms with Crippen molar-refractivity contribution in [3.05, 3.63) is 0 Å². The molecule has 25 heavy (non-hydrogen) atoms. The normalized spacial score (nSPS) is 32.7. The van der Waals surface area contributed by atoms with Crippen LogP contribution in [0.4, 0.5) is 4.79 Å². The molecular weight excluding hydrogens is 344 g/mol. The molecule has 4 amide bonds. The van der Waals surface area contributed by atoms with Crippen LogP contribution in [0.3, 0.4) is 0 Å². The van der Waals surface area contributed by atoms with Crippen molar-refractivity contribution >= 4 is 30.3 Å². The predicted octanol–water partition coefficient (Wildman–Crippen LogP) is 1.01. The number of carbonyl (C=O) groups excluding carboxylic acids is 3. The number of amides is 4. The Hall–Kier alpha value is -1.34. The second kappa shape index (κ2) is 6.76. The van der Waals surface area contributed by atoms with Gasteiger partial charge < -0.3 is 15.5 Å². The van der Waals surface area contributed by atoms with Crippen LogP contribution in [0.15, 0.2) is 0 Å². The number of hydrogen-bond donors (Lipinski definition) is 2. The maximum atomic E-state index is 12.7. The van der Waals surface area contributed by atoms with Crippen molar-refractivity contribution < 1.29 is 14.4 Å². The third-order valence-corrected chi connectivity index (χ3v) is 6.39. The number of imide groups is 1. The molecule has 140 valence electrons. The Morgan fingerprint density at radius 3 is 2.40 bits per heavy atom. The van der Waals surface area contributed by atoms with Crippen LogP contribution < -0.4 is 10.6 Å². The molecule has 7 nitrogen and oxygen atoms in total. The Labute approximate surface area is 154 Å². The van der Waals surface area contributed by atoms with E-state index in [2.05, 4.69) is 10.6 Å². The maximum Gasteiger partial charge on any atom is 0.325 e. The summed E-state index contributed by atoms with van der Waals surface area (Å²) in [7, 11) is 1.81. The Morgan fingerprint density at radius 2 is 1.80 bits per heavy atom. The number of piperidine rings is 1. The first-order chi connectivity index (χ1) is 11.5. The van der Waals surface area contributed by atoms with Gasteiger partial charge in [-0.25, -0.2) is 4.79 Å². The number of nitrogens with zero attached hydrogens (tertiary/aromatic N) is 2. The molecular formula is C17H27ClN4O3. The fourth-order valence-corrected chi connectivity index (χ4v) is 4.93. The van der Waals surface area contributed by atoms with Gasteiger partial charge in [0.05, 0.1) is 0 Å². The zero-order valence-electron chi connectivity index (χ0n) is 14.6. The van der Waals surface area contributed by atoms with Crippen LogP contribution in [-0.4, -0.2) is 64.9 Å². The first-order valence-corrected chi connectivity index (χ1v) is 9.14. The molecule has 4 aliphatic rings. The zero-order valence-corrected chi connectivity index (χ0v) is 15.4. The molecule has 3 saturated heterocycles. The molecule has 4 fully saturated rings. The monoisotopic (exact) mass is 370 g/mol. The molecule has 2 atom stereocenters. The minimum absolute atomic E-state index is 0. The lowest BCUT2D eigenvalue weighted by molar-refractivity contribution is -0.139. The lowest BCUT2D eigenvalue weighted by Crippen LogP contribution is -2.51. The van der Waals surface area contributed by atoms with Crippen molar-refractivity contribution in [3.8, 4) is 0 Å². The first kappa shape index (κ1) is 18.5. The van der Waals surface area contributed by atoms with E-state index in [4.69, 9.17) is 0 Å². The van der Waals surface area contributed by atoms with E-state index < -0.39 is 11.6 Å². The minimum Gasteiger partial charge on any atom is -0.341 e. The van der Waals surface area contributed by atoms with Crippen LogP contribution in [0.2, 0.25) is 0 Å². The highest BCUT2D eigenvalue weighted by Crippen LogP contribution is 2.35. The third kappa shape index (κ3) is 3.12. The van der Waals surface area contributed by atoms with E-state index in [1.165, 1.54) is 12.8 Å². The third-order valence-electron chi connectivity index (χ3n) is 6.39. The van der Waals surface area contributed by atoms with Crippen LogP contribution in [0.5, 0.6) is 0 Å². The minimum atomic E-state index is -0.732. The van der Waals surface area contributed by atoms with Crippen LogP contribution in [0.1, 0.15) is 51.4 Å². The molecule has 0 aromatic heterocycles. The van der Waals surface area contributed by atoms with Crippen molar-refractivity contribution in [3.63, 3.8) is 0 Å². The molecule has 2 unspecified atom stereocenters. The molecule has 1 spiro atoms. The molecule has 0 aromatic rings. The van der Waals surface area contributed by atoms with Crippen molar-refractivity contribution in [1.82, 2.24) is 20.4 Å². The van der Waals surface area contributed by atoms with E-state index in [1.54, 1.807) is 4.90 Å². The first-order valence-electron chi connectivity index (χ1n) is 9.14. The average Bonchev–Trinajstić information content (AvgIpc) is 3.23. The summed E-state index contributed by atoms with van der Waals surface area (Å²) >= 11 is 0. The van der Waals surface area contributed by atoms with E-state index in [9.17, 15) is 14.4 Å². The van der Waals surface area contributed by atoms with Gasteiger partial charge in [-0.2, -0.15) is 0 Å². The summed E-state index contributed by atoms with van der Waals surface area (Å²) in [6.45, 7) is -0.137. The predicted molar refractivity (Wildman–Crippen MR) is 94.4 cm³/mol. The number of nitrogens with one attached hydrogen (secondary N) is 2. The number of hydrogen-bond acceptors (Lipinski definition) is 4. The van der Waals surface area contributed by atoms with Gasteiger partial charge in [0.1, 0.15) is 12.1 Å². The largest absolute Gasteiger partial charge is 0.341 e. The fraction of sp³-hybridized carbons (Fsp3) is 0.824. The summed E-state index contributed by atoms with van der Waals surface area (Å²) in [5.74, 6) is -0.350. The molecule has 2 bridgehead atoms. The van der Waals surface area contributed by atoms with Gasteiger partial charge in [0.25, 0.3) is 5.91 Å². The Bertz CT molecular complexity index is 566. The molecule has 3 aliphatic heterocycles. The number of halogens is 1. The van der Waals surface area contributed by atoms with Crippen LogP contribution in [0, 0.1) is 0 Å². The van der Waals surface area contributed by atoms with E-state index in [0.29, 0.717) is 24.9 Å². The van der Waals surface area contributed by atoms with Gasteiger partial charge >= 0.3 is 6.03 Å². The summed E-state index contributed by atoms with van der Waals surface area (Å²) in [5, 5.41) is 6.40. The smallest absolute Gasteiger partial charge is 0.325 e. The van der Waals surface area contributed by atoms with Crippen molar-refractivity contribution in [1.29, 1.82) is 0 Å².